The summed E-state index contributed by atoms with van der Waals surface area (Å²) >= 11 is 3.22. The quantitative estimate of drug-likeness (QED) is 0.545. The van der Waals surface area contributed by atoms with Gasteiger partial charge in [-0.1, -0.05) is 22.9 Å². The Morgan fingerprint density at radius 1 is 1.69 bits per heavy atom. The lowest BCUT2D eigenvalue weighted by atomic mass is 10.3. The number of carbonyl (C=O) groups excluding carboxylic acids is 1. The van der Waals surface area contributed by atoms with Crippen molar-refractivity contribution in [2.75, 3.05) is 33.4 Å². The Hall–Kier alpha value is -0.130. The highest BCUT2D eigenvalue weighted by Gasteiger charge is 2.17. The van der Waals surface area contributed by atoms with Crippen LogP contribution in [0.4, 0.5) is 0 Å². The fraction of sp³-hybridized carbons (Fsp3) is 0.875. The van der Waals surface area contributed by atoms with Crippen molar-refractivity contribution in [2.45, 2.75) is 11.8 Å². The molecule has 0 amide bonds. The van der Waals surface area contributed by atoms with E-state index in [2.05, 4.69) is 20.7 Å². The molecule has 13 heavy (non-hydrogen) atoms. The van der Waals surface area contributed by atoms with E-state index >= 15 is 0 Å². The fourth-order valence-electron chi connectivity index (χ4n) is 0.949. The van der Waals surface area contributed by atoms with Gasteiger partial charge in [0.1, 0.15) is 4.83 Å². The summed E-state index contributed by atoms with van der Waals surface area (Å²) in [4.78, 5) is 12.7. The van der Waals surface area contributed by atoms with Crippen LogP contribution in [0.1, 0.15) is 6.92 Å². The first-order chi connectivity index (χ1) is 6.15. The normalized spacial score (nSPS) is 13.0. The Morgan fingerprint density at radius 2 is 2.31 bits per heavy atom. The third kappa shape index (κ3) is 5.23. The number of hydrogen-bond donors (Lipinski definition) is 1. The largest absolute Gasteiger partial charge is 0.468 e. The number of aliphatic hydroxyl groups excluding tert-OH is 1. The molecule has 0 aliphatic heterocycles. The van der Waals surface area contributed by atoms with Crippen molar-refractivity contribution in [1.82, 2.24) is 4.90 Å². The number of rotatable bonds is 6. The number of aliphatic hydroxyl groups is 1. The third-order valence-corrected chi connectivity index (χ3v) is 2.40. The molecule has 5 heteroatoms. The van der Waals surface area contributed by atoms with Crippen molar-refractivity contribution < 1.29 is 14.6 Å². The van der Waals surface area contributed by atoms with E-state index in [1.54, 1.807) is 0 Å². The molecule has 0 aliphatic rings. The highest BCUT2D eigenvalue weighted by Crippen LogP contribution is 2.04. The molecule has 0 aliphatic carbocycles. The Kier molecular flexibility index (Phi) is 7.22. The minimum absolute atomic E-state index is 0.106. The number of esters is 1. The second kappa shape index (κ2) is 7.29. The number of carbonyl (C=O) groups is 1. The first kappa shape index (κ1) is 12.9. The van der Waals surface area contributed by atoms with Crippen LogP contribution in [0.25, 0.3) is 0 Å². The predicted octanol–water partition coefficient (Wildman–Crippen LogP) is 0.237. The average Bonchev–Trinajstić information content (AvgIpc) is 2.15. The molecule has 78 valence electrons. The van der Waals surface area contributed by atoms with Gasteiger partial charge in [-0.05, 0) is 6.54 Å². The molecule has 0 aromatic heterocycles. The fourth-order valence-corrected chi connectivity index (χ4v) is 1.55. The molecular formula is C8H16BrNO3. The van der Waals surface area contributed by atoms with Gasteiger partial charge in [0.25, 0.3) is 0 Å². The van der Waals surface area contributed by atoms with E-state index in [9.17, 15) is 4.79 Å². The predicted molar refractivity (Wildman–Crippen MR) is 53.9 cm³/mol. The Labute approximate surface area is 87.0 Å². The van der Waals surface area contributed by atoms with Crippen LogP contribution in [0.2, 0.25) is 0 Å². The summed E-state index contributed by atoms with van der Waals surface area (Å²) in [6.07, 6.45) is 0. The molecular weight excluding hydrogens is 238 g/mol. The number of alkyl halides is 1. The second-order valence-electron chi connectivity index (χ2n) is 2.61. The zero-order valence-corrected chi connectivity index (χ0v) is 9.58. The van der Waals surface area contributed by atoms with Gasteiger partial charge in [0, 0.05) is 13.1 Å². The smallest absolute Gasteiger partial charge is 0.320 e. The molecule has 0 saturated heterocycles. The van der Waals surface area contributed by atoms with E-state index in [4.69, 9.17) is 5.11 Å². The Bertz CT molecular complexity index is 154. The molecule has 0 spiro atoms. The number of hydrogen-bond acceptors (Lipinski definition) is 4. The van der Waals surface area contributed by atoms with Crippen LogP contribution in [0.5, 0.6) is 0 Å². The minimum atomic E-state index is -0.316. The summed E-state index contributed by atoms with van der Waals surface area (Å²) in [5.41, 5.74) is 0. The average molecular weight is 254 g/mol. The van der Waals surface area contributed by atoms with E-state index in [1.165, 1.54) is 7.11 Å². The first-order valence-corrected chi connectivity index (χ1v) is 5.12. The molecule has 4 nitrogen and oxygen atoms in total. The van der Waals surface area contributed by atoms with Crippen molar-refractivity contribution >= 4 is 21.9 Å². The van der Waals surface area contributed by atoms with Gasteiger partial charge < -0.3 is 9.84 Å². The van der Waals surface area contributed by atoms with Crippen molar-refractivity contribution in [1.29, 1.82) is 0 Å². The zero-order valence-electron chi connectivity index (χ0n) is 7.99. The molecule has 0 fully saturated rings. The summed E-state index contributed by atoms with van der Waals surface area (Å²) in [6.45, 7) is 4.03. The maximum absolute atomic E-state index is 11.0. The molecule has 0 aromatic rings. The molecule has 0 rings (SSSR count). The number of nitrogens with zero attached hydrogens (tertiary/aromatic N) is 1. The van der Waals surface area contributed by atoms with Crippen molar-refractivity contribution in [3.63, 3.8) is 0 Å². The van der Waals surface area contributed by atoms with Crippen LogP contribution in [-0.2, 0) is 9.53 Å². The third-order valence-electron chi connectivity index (χ3n) is 1.74. The van der Waals surface area contributed by atoms with Gasteiger partial charge in [-0.25, -0.2) is 0 Å². The van der Waals surface area contributed by atoms with Crippen LogP contribution in [0, 0.1) is 0 Å². The van der Waals surface area contributed by atoms with Gasteiger partial charge in [-0.3, -0.25) is 9.69 Å². The SMILES string of the molecule is CCN(CCO)CC(Br)C(=O)OC. The molecule has 0 heterocycles. The van der Waals surface area contributed by atoms with Crippen molar-refractivity contribution in [3.8, 4) is 0 Å². The van der Waals surface area contributed by atoms with Crippen LogP contribution in [0.3, 0.4) is 0 Å². The summed E-state index contributed by atoms with van der Waals surface area (Å²) < 4.78 is 4.56. The Morgan fingerprint density at radius 3 is 2.69 bits per heavy atom. The van der Waals surface area contributed by atoms with E-state index in [0.717, 1.165) is 6.54 Å². The number of halogens is 1. The van der Waals surface area contributed by atoms with E-state index < -0.39 is 0 Å². The van der Waals surface area contributed by atoms with E-state index in [0.29, 0.717) is 13.1 Å². The van der Waals surface area contributed by atoms with Crippen molar-refractivity contribution in [2.24, 2.45) is 0 Å². The maximum Gasteiger partial charge on any atom is 0.320 e. The highest BCUT2D eigenvalue weighted by atomic mass is 79.9. The molecule has 1 atom stereocenters. The molecule has 0 saturated carbocycles. The summed E-state index contributed by atoms with van der Waals surface area (Å²) in [5.74, 6) is -0.281. The monoisotopic (exact) mass is 253 g/mol. The van der Waals surface area contributed by atoms with Crippen LogP contribution in [0.15, 0.2) is 0 Å². The lowest BCUT2D eigenvalue weighted by Gasteiger charge is -2.20. The maximum atomic E-state index is 11.0. The topological polar surface area (TPSA) is 49.8 Å². The zero-order chi connectivity index (χ0) is 10.3. The Balaban J connectivity index is 3.85. The second-order valence-corrected chi connectivity index (χ2v) is 3.71. The molecule has 1 unspecified atom stereocenters. The van der Waals surface area contributed by atoms with Gasteiger partial charge in [-0.15, -0.1) is 0 Å². The molecule has 0 bridgehead atoms. The number of likely N-dealkylation sites (N-methyl/N-ethyl adjacent to an activating group) is 1. The van der Waals surface area contributed by atoms with Gasteiger partial charge in [0.15, 0.2) is 0 Å². The van der Waals surface area contributed by atoms with Gasteiger partial charge in [0.2, 0.25) is 0 Å². The molecule has 1 N–H and O–H groups in total. The standard InChI is InChI=1S/C8H16BrNO3/c1-3-10(4-5-11)6-7(9)8(12)13-2/h7,11H,3-6H2,1-2H3. The lowest BCUT2D eigenvalue weighted by Crippen LogP contribution is -2.35. The van der Waals surface area contributed by atoms with Crippen LogP contribution < -0.4 is 0 Å². The summed E-state index contributed by atoms with van der Waals surface area (Å²) in [5, 5.41) is 8.70. The molecule has 0 radical (unpaired) electrons. The number of methoxy groups -OCH3 is 1. The first-order valence-electron chi connectivity index (χ1n) is 4.20. The molecule has 0 aromatic carbocycles. The van der Waals surface area contributed by atoms with Crippen molar-refractivity contribution in [3.05, 3.63) is 0 Å². The van der Waals surface area contributed by atoms with Gasteiger partial charge in [0.05, 0.1) is 13.7 Å². The van der Waals surface area contributed by atoms with Gasteiger partial charge >= 0.3 is 5.97 Å². The van der Waals surface area contributed by atoms with E-state index in [1.807, 2.05) is 11.8 Å². The minimum Gasteiger partial charge on any atom is -0.468 e. The summed E-state index contributed by atoms with van der Waals surface area (Å²) in [6, 6.07) is 0. The summed E-state index contributed by atoms with van der Waals surface area (Å²) in [7, 11) is 1.36. The van der Waals surface area contributed by atoms with Crippen LogP contribution in [-0.4, -0.2) is 54.2 Å². The lowest BCUT2D eigenvalue weighted by molar-refractivity contribution is -0.140. The van der Waals surface area contributed by atoms with Gasteiger partial charge in [-0.2, -0.15) is 0 Å². The van der Waals surface area contributed by atoms with E-state index in [-0.39, 0.29) is 17.4 Å². The van der Waals surface area contributed by atoms with Crippen LogP contribution >= 0.6 is 15.9 Å². The highest BCUT2D eigenvalue weighted by molar-refractivity contribution is 9.10. The number of ether oxygens (including phenoxy) is 1.